The molecule has 20 heavy (non-hydrogen) atoms. The summed E-state index contributed by atoms with van der Waals surface area (Å²) >= 11 is 11.4. The van der Waals surface area contributed by atoms with Crippen LogP contribution in [-0.4, -0.2) is 10.9 Å². The summed E-state index contributed by atoms with van der Waals surface area (Å²) in [6, 6.07) is 2.75. The van der Waals surface area contributed by atoms with Crippen molar-refractivity contribution in [1.82, 2.24) is 4.98 Å². The van der Waals surface area contributed by atoms with Crippen LogP contribution in [0.25, 0.3) is 0 Å². The molecule has 3 N–H and O–H groups in total. The Morgan fingerprint density at radius 2 is 1.95 bits per heavy atom. The molecule has 0 atom stereocenters. The minimum Gasteiger partial charge on any atom is -0.397 e. The Labute approximate surface area is 122 Å². The summed E-state index contributed by atoms with van der Waals surface area (Å²) in [7, 11) is 0. The molecular weight excluding hydrogens is 311 g/mol. The quantitative estimate of drug-likeness (QED) is 0.833. The van der Waals surface area contributed by atoms with Gasteiger partial charge in [0.2, 0.25) is 0 Å². The van der Waals surface area contributed by atoms with Crippen molar-refractivity contribution < 1.29 is 13.6 Å². The number of nitrogens with zero attached hydrogens (tertiary/aromatic N) is 1. The third kappa shape index (κ3) is 2.97. The number of nitrogens with one attached hydrogen (secondary N) is 1. The SMILES string of the molecule is Nc1cnc(Cl)c(C(=O)Nc2c(F)cc(F)cc2Cl)c1. The Morgan fingerprint density at radius 3 is 2.60 bits per heavy atom. The Hall–Kier alpha value is -1.92. The second kappa shape index (κ2) is 5.60. The van der Waals surface area contributed by atoms with Crippen molar-refractivity contribution in [2.75, 3.05) is 11.1 Å². The molecule has 0 aliphatic carbocycles. The standard InChI is InChI=1S/C12H7Cl2F2N3O/c13-8-1-5(15)2-9(16)10(8)19-12(20)7-3-6(17)4-18-11(7)14/h1-4H,17H2,(H,19,20). The van der Waals surface area contributed by atoms with Gasteiger partial charge in [0.25, 0.3) is 5.91 Å². The molecule has 0 bridgehead atoms. The zero-order chi connectivity index (χ0) is 14.9. The molecule has 2 aromatic rings. The van der Waals surface area contributed by atoms with Crippen molar-refractivity contribution in [2.24, 2.45) is 0 Å². The van der Waals surface area contributed by atoms with Crippen LogP contribution in [0, 0.1) is 11.6 Å². The highest BCUT2D eigenvalue weighted by molar-refractivity contribution is 6.35. The molecule has 1 amide bonds. The number of carbonyl (C=O) groups excluding carboxylic acids is 1. The first-order valence-corrected chi connectivity index (χ1v) is 6.01. The Morgan fingerprint density at radius 1 is 1.25 bits per heavy atom. The number of halogens is 4. The van der Waals surface area contributed by atoms with Gasteiger partial charge in [-0.15, -0.1) is 0 Å². The number of aromatic nitrogens is 1. The molecule has 1 heterocycles. The lowest BCUT2D eigenvalue weighted by atomic mass is 10.2. The predicted molar refractivity (Wildman–Crippen MR) is 73.0 cm³/mol. The van der Waals surface area contributed by atoms with Crippen LogP contribution in [0.1, 0.15) is 10.4 Å². The lowest BCUT2D eigenvalue weighted by Crippen LogP contribution is -2.15. The first-order chi connectivity index (χ1) is 9.38. The van der Waals surface area contributed by atoms with Crippen LogP contribution >= 0.6 is 23.2 Å². The van der Waals surface area contributed by atoms with Gasteiger partial charge < -0.3 is 11.1 Å². The molecule has 0 saturated carbocycles. The second-order valence-electron chi connectivity index (χ2n) is 3.81. The Kier molecular flexibility index (Phi) is 4.06. The van der Waals surface area contributed by atoms with E-state index in [9.17, 15) is 13.6 Å². The molecule has 0 radical (unpaired) electrons. The number of rotatable bonds is 2. The molecule has 104 valence electrons. The number of carbonyl (C=O) groups is 1. The van der Waals surface area contributed by atoms with Crippen molar-refractivity contribution in [1.29, 1.82) is 0 Å². The molecule has 0 aliphatic heterocycles. The van der Waals surface area contributed by atoms with E-state index in [0.717, 1.165) is 6.07 Å². The number of amides is 1. The predicted octanol–water partition coefficient (Wildman–Crippen LogP) is 3.50. The highest BCUT2D eigenvalue weighted by Crippen LogP contribution is 2.27. The fraction of sp³-hybridized carbons (Fsp3) is 0. The molecule has 1 aromatic heterocycles. The minimum atomic E-state index is -1.00. The molecule has 0 unspecified atom stereocenters. The summed E-state index contributed by atoms with van der Waals surface area (Å²) in [6.45, 7) is 0. The topological polar surface area (TPSA) is 68.0 Å². The molecule has 0 spiro atoms. The summed E-state index contributed by atoms with van der Waals surface area (Å²) in [5.74, 6) is -2.62. The van der Waals surface area contributed by atoms with E-state index in [4.69, 9.17) is 28.9 Å². The van der Waals surface area contributed by atoms with Gasteiger partial charge in [-0.05, 0) is 12.1 Å². The number of benzene rings is 1. The van der Waals surface area contributed by atoms with E-state index in [2.05, 4.69) is 10.3 Å². The van der Waals surface area contributed by atoms with Crippen molar-refractivity contribution in [3.05, 3.63) is 51.8 Å². The van der Waals surface area contributed by atoms with E-state index in [1.54, 1.807) is 0 Å². The second-order valence-corrected chi connectivity index (χ2v) is 4.57. The number of nitrogen functional groups attached to an aromatic ring is 1. The first kappa shape index (κ1) is 14.5. The van der Waals surface area contributed by atoms with E-state index >= 15 is 0 Å². The molecular formula is C12H7Cl2F2N3O. The highest BCUT2D eigenvalue weighted by Gasteiger charge is 2.17. The maximum Gasteiger partial charge on any atom is 0.258 e. The van der Waals surface area contributed by atoms with Gasteiger partial charge in [-0.2, -0.15) is 0 Å². The first-order valence-electron chi connectivity index (χ1n) is 5.25. The van der Waals surface area contributed by atoms with E-state index in [1.165, 1.54) is 12.3 Å². The normalized spacial score (nSPS) is 10.4. The fourth-order valence-electron chi connectivity index (χ4n) is 1.47. The lowest BCUT2D eigenvalue weighted by molar-refractivity contribution is 0.102. The third-order valence-corrected chi connectivity index (χ3v) is 2.95. The van der Waals surface area contributed by atoms with Crippen LogP contribution in [0.2, 0.25) is 10.2 Å². The van der Waals surface area contributed by atoms with Crippen LogP contribution in [0.3, 0.4) is 0 Å². The zero-order valence-corrected chi connectivity index (χ0v) is 11.3. The Bertz CT molecular complexity index is 671. The highest BCUT2D eigenvalue weighted by atomic mass is 35.5. The van der Waals surface area contributed by atoms with Gasteiger partial charge in [0, 0.05) is 6.07 Å². The Balaban J connectivity index is 2.35. The lowest BCUT2D eigenvalue weighted by Gasteiger charge is -2.09. The summed E-state index contributed by atoms with van der Waals surface area (Å²) < 4.78 is 26.5. The van der Waals surface area contributed by atoms with Gasteiger partial charge in [-0.3, -0.25) is 4.79 Å². The van der Waals surface area contributed by atoms with Crippen LogP contribution in [0.15, 0.2) is 24.4 Å². The van der Waals surface area contributed by atoms with E-state index < -0.39 is 17.5 Å². The van der Waals surface area contributed by atoms with Gasteiger partial charge >= 0.3 is 0 Å². The van der Waals surface area contributed by atoms with E-state index in [-0.39, 0.29) is 27.1 Å². The summed E-state index contributed by atoms with van der Waals surface area (Å²) in [5.41, 5.74) is 5.30. The van der Waals surface area contributed by atoms with Gasteiger partial charge in [0.05, 0.1) is 28.2 Å². The molecule has 2 rings (SSSR count). The fourth-order valence-corrected chi connectivity index (χ4v) is 1.90. The van der Waals surface area contributed by atoms with Gasteiger partial charge in [-0.1, -0.05) is 23.2 Å². The van der Waals surface area contributed by atoms with Crippen LogP contribution < -0.4 is 11.1 Å². The smallest absolute Gasteiger partial charge is 0.258 e. The summed E-state index contributed by atoms with van der Waals surface area (Å²) in [4.78, 5) is 15.7. The minimum absolute atomic E-state index is 0.0496. The van der Waals surface area contributed by atoms with Crippen molar-refractivity contribution >= 4 is 40.5 Å². The molecule has 4 nitrogen and oxygen atoms in total. The van der Waals surface area contributed by atoms with Gasteiger partial charge in [-0.25, -0.2) is 13.8 Å². The van der Waals surface area contributed by atoms with E-state index in [1.807, 2.05) is 0 Å². The van der Waals surface area contributed by atoms with Gasteiger partial charge in [0.1, 0.15) is 11.0 Å². The van der Waals surface area contributed by atoms with Crippen LogP contribution in [0.4, 0.5) is 20.2 Å². The summed E-state index contributed by atoms with van der Waals surface area (Å²) in [6.07, 6.45) is 1.27. The summed E-state index contributed by atoms with van der Waals surface area (Å²) in [5, 5.41) is 1.82. The number of anilines is 2. The number of nitrogens with two attached hydrogens (primary N) is 1. The van der Waals surface area contributed by atoms with Crippen molar-refractivity contribution in [3.63, 3.8) is 0 Å². The number of hydrogen-bond donors (Lipinski definition) is 2. The molecule has 0 aliphatic rings. The average molecular weight is 318 g/mol. The van der Waals surface area contributed by atoms with Crippen molar-refractivity contribution in [2.45, 2.75) is 0 Å². The third-order valence-electron chi connectivity index (χ3n) is 2.35. The average Bonchev–Trinajstić information content (AvgIpc) is 2.36. The molecule has 0 fully saturated rings. The van der Waals surface area contributed by atoms with Gasteiger partial charge in [0.15, 0.2) is 5.82 Å². The molecule has 0 saturated heterocycles. The molecule has 1 aromatic carbocycles. The zero-order valence-electron chi connectivity index (χ0n) is 9.75. The van der Waals surface area contributed by atoms with E-state index in [0.29, 0.717) is 6.07 Å². The maximum absolute atomic E-state index is 13.6. The number of pyridine rings is 1. The monoisotopic (exact) mass is 317 g/mol. The maximum atomic E-state index is 13.6. The number of hydrogen-bond acceptors (Lipinski definition) is 3. The largest absolute Gasteiger partial charge is 0.397 e. The van der Waals surface area contributed by atoms with Crippen LogP contribution in [-0.2, 0) is 0 Å². The van der Waals surface area contributed by atoms with Crippen molar-refractivity contribution in [3.8, 4) is 0 Å². The molecule has 8 heteroatoms. The van der Waals surface area contributed by atoms with Crippen LogP contribution in [0.5, 0.6) is 0 Å².